The van der Waals surface area contributed by atoms with Gasteiger partial charge in [-0.25, -0.2) is 0 Å². The Labute approximate surface area is 161 Å². The maximum absolute atomic E-state index is 12.6. The summed E-state index contributed by atoms with van der Waals surface area (Å²) < 4.78 is 30.5. The molecule has 0 atom stereocenters. The van der Waals surface area contributed by atoms with Gasteiger partial charge in [-0.1, -0.05) is 86.6 Å². The molecule has 0 aromatic heterocycles. The minimum absolute atomic E-state index is 0.130. The van der Waals surface area contributed by atoms with Crippen molar-refractivity contribution in [3.05, 3.63) is 90.5 Å². The monoisotopic (exact) mass is 380 g/mol. The van der Waals surface area contributed by atoms with Crippen molar-refractivity contribution in [3.63, 3.8) is 0 Å². The standard InChI is InChI=1S/C23H24O3S/c1-23(2,17-19-9-5-3-6-10-19)18-26-27(24,25)22-15-13-21(14-16-22)20-11-7-4-8-12-20/h3-16H,17-18H2,1-2H3. The van der Waals surface area contributed by atoms with Crippen molar-refractivity contribution in [1.82, 2.24) is 0 Å². The first kappa shape index (κ1) is 19.3. The van der Waals surface area contributed by atoms with Crippen LogP contribution in [0.15, 0.2) is 89.8 Å². The van der Waals surface area contributed by atoms with Gasteiger partial charge in [0.1, 0.15) is 0 Å². The maximum Gasteiger partial charge on any atom is 0.296 e. The lowest BCUT2D eigenvalue weighted by Crippen LogP contribution is -2.24. The molecule has 0 bridgehead atoms. The first-order chi connectivity index (χ1) is 12.9. The first-order valence-electron chi connectivity index (χ1n) is 8.95. The summed E-state index contributed by atoms with van der Waals surface area (Å²) in [6.45, 7) is 4.15. The van der Waals surface area contributed by atoms with Gasteiger partial charge in [0.2, 0.25) is 0 Å². The molecule has 140 valence electrons. The summed E-state index contributed by atoms with van der Waals surface area (Å²) >= 11 is 0. The molecule has 3 aromatic rings. The highest BCUT2D eigenvalue weighted by Crippen LogP contribution is 2.26. The molecule has 0 aliphatic rings. The molecule has 0 fully saturated rings. The van der Waals surface area contributed by atoms with E-state index in [0.29, 0.717) is 0 Å². The van der Waals surface area contributed by atoms with Crippen LogP contribution in [0.5, 0.6) is 0 Å². The topological polar surface area (TPSA) is 43.4 Å². The van der Waals surface area contributed by atoms with Gasteiger partial charge < -0.3 is 0 Å². The predicted octanol–water partition coefficient (Wildman–Crippen LogP) is 5.33. The summed E-state index contributed by atoms with van der Waals surface area (Å²) in [5, 5.41) is 0. The quantitative estimate of drug-likeness (QED) is 0.521. The van der Waals surface area contributed by atoms with E-state index in [1.807, 2.05) is 74.5 Å². The van der Waals surface area contributed by atoms with E-state index in [1.54, 1.807) is 24.3 Å². The molecule has 3 nitrogen and oxygen atoms in total. The summed E-state index contributed by atoms with van der Waals surface area (Å²) in [6.07, 6.45) is 0.746. The van der Waals surface area contributed by atoms with Crippen LogP contribution in [0.4, 0.5) is 0 Å². The smallest absolute Gasteiger partial charge is 0.266 e. The number of rotatable bonds is 7. The van der Waals surface area contributed by atoms with Gasteiger partial charge in [-0.2, -0.15) is 8.42 Å². The average Bonchev–Trinajstić information content (AvgIpc) is 2.68. The van der Waals surface area contributed by atoms with Gasteiger partial charge in [0.05, 0.1) is 11.5 Å². The van der Waals surface area contributed by atoms with Crippen molar-refractivity contribution in [3.8, 4) is 11.1 Å². The van der Waals surface area contributed by atoms with Crippen molar-refractivity contribution < 1.29 is 12.6 Å². The Morgan fingerprint density at radius 3 is 1.85 bits per heavy atom. The van der Waals surface area contributed by atoms with E-state index in [-0.39, 0.29) is 16.9 Å². The fraction of sp³-hybridized carbons (Fsp3) is 0.217. The molecule has 0 amide bonds. The summed E-state index contributed by atoms with van der Waals surface area (Å²) in [4.78, 5) is 0.178. The van der Waals surface area contributed by atoms with Crippen molar-refractivity contribution in [2.45, 2.75) is 25.2 Å². The highest BCUT2D eigenvalue weighted by atomic mass is 32.2. The van der Waals surface area contributed by atoms with Crippen molar-refractivity contribution >= 4 is 10.1 Å². The summed E-state index contributed by atoms with van der Waals surface area (Å²) in [5.74, 6) is 0. The van der Waals surface area contributed by atoms with Gasteiger partial charge in [0.25, 0.3) is 10.1 Å². The molecule has 0 saturated carbocycles. The molecule has 3 rings (SSSR count). The molecule has 0 radical (unpaired) electrons. The normalized spacial score (nSPS) is 12.1. The van der Waals surface area contributed by atoms with Crippen molar-refractivity contribution in [2.75, 3.05) is 6.61 Å². The molecular formula is C23H24O3S. The van der Waals surface area contributed by atoms with E-state index >= 15 is 0 Å². The Balaban J connectivity index is 1.67. The van der Waals surface area contributed by atoms with Gasteiger partial charge in [-0.3, -0.25) is 4.18 Å². The van der Waals surface area contributed by atoms with Crippen molar-refractivity contribution in [2.24, 2.45) is 5.41 Å². The molecule has 0 saturated heterocycles. The van der Waals surface area contributed by atoms with Crippen molar-refractivity contribution in [1.29, 1.82) is 0 Å². The van der Waals surface area contributed by atoms with Crippen LogP contribution in [-0.2, 0) is 20.7 Å². The molecular weight excluding hydrogens is 356 g/mol. The van der Waals surface area contributed by atoms with Gasteiger partial charge in [-0.15, -0.1) is 0 Å². The fourth-order valence-electron chi connectivity index (χ4n) is 2.95. The second-order valence-electron chi connectivity index (χ2n) is 7.43. The molecule has 0 unspecified atom stereocenters. The van der Waals surface area contributed by atoms with Crippen LogP contribution < -0.4 is 0 Å². The second kappa shape index (κ2) is 8.07. The zero-order chi connectivity index (χ0) is 19.3. The van der Waals surface area contributed by atoms with Crippen LogP contribution in [-0.4, -0.2) is 15.0 Å². The lowest BCUT2D eigenvalue weighted by atomic mass is 9.87. The van der Waals surface area contributed by atoms with Crippen LogP contribution >= 0.6 is 0 Å². The molecule has 3 aromatic carbocycles. The summed E-state index contributed by atoms with van der Waals surface area (Å²) in [5.41, 5.74) is 2.89. The van der Waals surface area contributed by atoms with E-state index in [2.05, 4.69) is 0 Å². The molecule has 27 heavy (non-hydrogen) atoms. The third kappa shape index (κ3) is 5.28. The zero-order valence-corrected chi connectivity index (χ0v) is 16.4. The zero-order valence-electron chi connectivity index (χ0n) is 15.6. The van der Waals surface area contributed by atoms with Gasteiger partial charge in [0.15, 0.2) is 0 Å². The number of hydrogen-bond donors (Lipinski definition) is 0. The van der Waals surface area contributed by atoms with Crippen LogP contribution in [0.25, 0.3) is 11.1 Å². The lowest BCUT2D eigenvalue weighted by molar-refractivity contribution is 0.185. The molecule has 0 spiro atoms. The Morgan fingerprint density at radius 1 is 0.741 bits per heavy atom. The Kier molecular flexibility index (Phi) is 5.78. The van der Waals surface area contributed by atoms with E-state index in [0.717, 1.165) is 23.1 Å². The SMILES string of the molecule is CC(C)(COS(=O)(=O)c1ccc(-c2ccccc2)cc1)Cc1ccccc1. The largest absolute Gasteiger partial charge is 0.296 e. The average molecular weight is 381 g/mol. The molecule has 4 heteroatoms. The Morgan fingerprint density at radius 2 is 1.26 bits per heavy atom. The minimum Gasteiger partial charge on any atom is -0.266 e. The third-order valence-corrected chi connectivity index (χ3v) is 5.66. The summed E-state index contributed by atoms with van der Waals surface area (Å²) in [7, 11) is -3.78. The first-order valence-corrected chi connectivity index (χ1v) is 10.4. The van der Waals surface area contributed by atoms with Gasteiger partial charge in [0, 0.05) is 0 Å². The highest BCUT2D eigenvalue weighted by Gasteiger charge is 2.24. The van der Waals surface area contributed by atoms with Gasteiger partial charge in [-0.05, 0) is 40.7 Å². The van der Waals surface area contributed by atoms with Crippen LogP contribution in [0, 0.1) is 5.41 Å². The number of hydrogen-bond acceptors (Lipinski definition) is 3. The van der Waals surface area contributed by atoms with E-state index in [1.165, 1.54) is 0 Å². The highest BCUT2D eigenvalue weighted by molar-refractivity contribution is 7.86. The molecule has 0 N–H and O–H groups in total. The minimum atomic E-state index is -3.78. The van der Waals surface area contributed by atoms with E-state index < -0.39 is 10.1 Å². The fourth-order valence-corrected chi connectivity index (χ4v) is 4.03. The second-order valence-corrected chi connectivity index (χ2v) is 9.05. The molecule has 0 aliphatic carbocycles. The summed E-state index contributed by atoms with van der Waals surface area (Å²) in [6, 6.07) is 26.7. The Bertz CT molecular complexity index is 961. The van der Waals surface area contributed by atoms with Crippen LogP contribution in [0.3, 0.4) is 0 Å². The van der Waals surface area contributed by atoms with Gasteiger partial charge >= 0.3 is 0 Å². The maximum atomic E-state index is 12.6. The predicted molar refractivity (Wildman–Crippen MR) is 109 cm³/mol. The van der Waals surface area contributed by atoms with Crippen LogP contribution in [0.2, 0.25) is 0 Å². The molecule has 0 aliphatic heterocycles. The third-order valence-electron chi connectivity index (χ3n) is 4.38. The number of benzene rings is 3. The van der Waals surface area contributed by atoms with E-state index in [9.17, 15) is 8.42 Å². The molecule has 0 heterocycles. The lowest BCUT2D eigenvalue weighted by Gasteiger charge is -2.24. The van der Waals surface area contributed by atoms with E-state index in [4.69, 9.17) is 4.18 Å². The van der Waals surface area contributed by atoms with Crippen LogP contribution in [0.1, 0.15) is 19.4 Å². The Hall–Kier alpha value is -2.43.